The zero-order valence-corrected chi connectivity index (χ0v) is 12.7. The fourth-order valence-corrected chi connectivity index (χ4v) is 3.12. The van der Waals surface area contributed by atoms with Gasteiger partial charge >= 0.3 is 5.97 Å². The van der Waals surface area contributed by atoms with E-state index < -0.39 is 5.97 Å². The molecule has 0 radical (unpaired) electrons. The lowest BCUT2D eigenvalue weighted by molar-refractivity contribution is -0.139. The number of carbonyl (C=O) groups excluding carboxylic acids is 1. The molecule has 0 spiro atoms. The lowest BCUT2D eigenvalue weighted by atomic mass is 9.85. The number of hydrogen-bond acceptors (Lipinski definition) is 4. The summed E-state index contributed by atoms with van der Waals surface area (Å²) in [5.74, 6) is -0.134. The van der Waals surface area contributed by atoms with Crippen LogP contribution in [0, 0.1) is 5.92 Å². The highest BCUT2D eigenvalue weighted by Gasteiger charge is 2.34. The Kier molecular flexibility index (Phi) is 5.99. The van der Waals surface area contributed by atoms with E-state index in [0.29, 0.717) is 18.4 Å². The molecule has 0 aromatic carbocycles. The van der Waals surface area contributed by atoms with Gasteiger partial charge in [-0.3, -0.25) is 14.5 Å². The SMILES string of the molecule is CCN(CC(=O)O)C1CC(NC(=O)CCC2CCOC2)C1. The topological polar surface area (TPSA) is 78.9 Å². The fourth-order valence-electron chi connectivity index (χ4n) is 3.12. The first kappa shape index (κ1) is 16.2. The lowest BCUT2D eigenvalue weighted by Crippen LogP contribution is -2.54. The lowest BCUT2D eigenvalue weighted by Gasteiger charge is -2.42. The molecule has 6 nitrogen and oxygen atoms in total. The van der Waals surface area contributed by atoms with Crippen molar-refractivity contribution in [3.8, 4) is 0 Å². The minimum Gasteiger partial charge on any atom is -0.480 e. The van der Waals surface area contributed by atoms with Gasteiger partial charge in [-0.25, -0.2) is 0 Å². The van der Waals surface area contributed by atoms with Crippen LogP contribution in [0.25, 0.3) is 0 Å². The normalized spacial score (nSPS) is 28.4. The monoisotopic (exact) mass is 298 g/mol. The Morgan fingerprint density at radius 2 is 2.14 bits per heavy atom. The number of rotatable bonds is 8. The third-order valence-corrected chi connectivity index (χ3v) is 4.54. The van der Waals surface area contributed by atoms with E-state index in [9.17, 15) is 9.59 Å². The van der Waals surface area contributed by atoms with Gasteiger partial charge in [-0.05, 0) is 38.1 Å². The number of carbonyl (C=O) groups is 2. The first-order valence-corrected chi connectivity index (χ1v) is 7.91. The van der Waals surface area contributed by atoms with E-state index >= 15 is 0 Å². The highest BCUT2D eigenvalue weighted by atomic mass is 16.5. The van der Waals surface area contributed by atoms with Gasteiger partial charge in [-0.2, -0.15) is 0 Å². The number of amides is 1. The van der Waals surface area contributed by atoms with Crippen LogP contribution in [0.3, 0.4) is 0 Å². The molecule has 2 aliphatic rings. The summed E-state index contributed by atoms with van der Waals surface area (Å²) in [7, 11) is 0. The largest absolute Gasteiger partial charge is 0.480 e. The van der Waals surface area contributed by atoms with Gasteiger partial charge < -0.3 is 15.2 Å². The summed E-state index contributed by atoms with van der Waals surface area (Å²) in [6.07, 6.45) is 4.27. The van der Waals surface area contributed by atoms with E-state index in [1.165, 1.54) is 0 Å². The third-order valence-electron chi connectivity index (χ3n) is 4.54. The predicted molar refractivity (Wildman–Crippen MR) is 78.0 cm³/mol. The summed E-state index contributed by atoms with van der Waals surface area (Å²) in [6.45, 7) is 4.41. The molecule has 1 aliphatic heterocycles. The summed E-state index contributed by atoms with van der Waals surface area (Å²) in [5.41, 5.74) is 0. The van der Waals surface area contributed by atoms with Gasteiger partial charge in [0.1, 0.15) is 0 Å². The van der Waals surface area contributed by atoms with Gasteiger partial charge in [0.25, 0.3) is 0 Å². The van der Waals surface area contributed by atoms with Crippen LogP contribution in [-0.4, -0.2) is 60.3 Å². The molecule has 1 saturated heterocycles. The van der Waals surface area contributed by atoms with Crippen LogP contribution in [0.2, 0.25) is 0 Å². The Bertz CT molecular complexity index is 363. The molecule has 1 saturated carbocycles. The van der Waals surface area contributed by atoms with Crippen LogP contribution in [0.4, 0.5) is 0 Å². The molecule has 0 aromatic rings. The maximum Gasteiger partial charge on any atom is 0.317 e. The Labute approximate surface area is 125 Å². The molecule has 0 aromatic heterocycles. The standard InChI is InChI=1S/C15H26N2O4/c1-2-17(9-15(19)20)13-7-12(8-13)16-14(18)4-3-11-5-6-21-10-11/h11-13H,2-10H2,1H3,(H,16,18)(H,19,20). The smallest absolute Gasteiger partial charge is 0.317 e. The highest BCUT2D eigenvalue weighted by molar-refractivity contribution is 5.76. The average Bonchev–Trinajstić information content (AvgIpc) is 2.90. The summed E-state index contributed by atoms with van der Waals surface area (Å²) in [4.78, 5) is 24.6. The number of nitrogens with zero attached hydrogens (tertiary/aromatic N) is 1. The number of nitrogens with one attached hydrogen (secondary N) is 1. The molecular formula is C15H26N2O4. The van der Waals surface area contributed by atoms with Crippen LogP contribution < -0.4 is 5.32 Å². The molecule has 1 unspecified atom stereocenters. The van der Waals surface area contributed by atoms with Gasteiger partial charge in [0, 0.05) is 31.7 Å². The van der Waals surface area contributed by atoms with Crippen molar-refractivity contribution in [1.29, 1.82) is 0 Å². The van der Waals surface area contributed by atoms with Crippen molar-refractivity contribution < 1.29 is 19.4 Å². The van der Waals surface area contributed by atoms with E-state index in [-0.39, 0.29) is 18.5 Å². The highest BCUT2D eigenvalue weighted by Crippen LogP contribution is 2.26. The number of carboxylic acids is 1. The van der Waals surface area contributed by atoms with Crippen molar-refractivity contribution >= 4 is 11.9 Å². The molecule has 6 heteroatoms. The van der Waals surface area contributed by atoms with Crippen molar-refractivity contribution in [2.75, 3.05) is 26.3 Å². The summed E-state index contributed by atoms with van der Waals surface area (Å²) in [6, 6.07) is 0.504. The van der Waals surface area contributed by atoms with E-state index in [2.05, 4.69) is 5.32 Å². The first-order chi connectivity index (χ1) is 10.1. The van der Waals surface area contributed by atoms with Crippen LogP contribution in [0.15, 0.2) is 0 Å². The van der Waals surface area contributed by atoms with E-state index in [1.54, 1.807) is 0 Å². The maximum absolute atomic E-state index is 11.9. The number of carboxylic acid groups (broad SMARTS) is 1. The number of ether oxygens (including phenoxy) is 1. The second-order valence-corrected chi connectivity index (χ2v) is 6.11. The molecule has 2 N–H and O–H groups in total. The van der Waals surface area contributed by atoms with Crippen LogP contribution in [0.5, 0.6) is 0 Å². The van der Waals surface area contributed by atoms with E-state index in [4.69, 9.17) is 9.84 Å². The van der Waals surface area contributed by atoms with Gasteiger partial charge in [0.15, 0.2) is 0 Å². The van der Waals surface area contributed by atoms with Gasteiger partial charge in [0.2, 0.25) is 5.91 Å². The van der Waals surface area contributed by atoms with Crippen molar-refractivity contribution in [3.63, 3.8) is 0 Å². The first-order valence-electron chi connectivity index (χ1n) is 7.91. The van der Waals surface area contributed by atoms with Gasteiger partial charge in [-0.1, -0.05) is 6.92 Å². The number of likely N-dealkylation sites (N-methyl/N-ethyl adjacent to an activating group) is 1. The molecule has 120 valence electrons. The summed E-state index contributed by atoms with van der Waals surface area (Å²) >= 11 is 0. The predicted octanol–water partition coefficient (Wildman–Crippen LogP) is 0.857. The Hall–Kier alpha value is -1.14. The Morgan fingerprint density at radius 1 is 1.38 bits per heavy atom. The molecule has 1 heterocycles. The molecule has 1 atom stereocenters. The molecule has 0 bridgehead atoms. The number of hydrogen-bond donors (Lipinski definition) is 2. The zero-order chi connectivity index (χ0) is 15.2. The third kappa shape index (κ3) is 4.97. The molecule has 21 heavy (non-hydrogen) atoms. The van der Waals surface area contributed by atoms with Crippen LogP contribution in [-0.2, 0) is 14.3 Å². The molecule has 2 rings (SSSR count). The summed E-state index contributed by atoms with van der Waals surface area (Å²) in [5, 5.41) is 11.9. The fraction of sp³-hybridized carbons (Fsp3) is 0.867. The minimum absolute atomic E-state index is 0.0868. The second kappa shape index (κ2) is 7.75. The molecular weight excluding hydrogens is 272 g/mol. The van der Waals surface area contributed by atoms with Gasteiger partial charge in [-0.15, -0.1) is 0 Å². The van der Waals surface area contributed by atoms with Crippen molar-refractivity contribution in [3.05, 3.63) is 0 Å². The van der Waals surface area contributed by atoms with Crippen LogP contribution >= 0.6 is 0 Å². The quantitative estimate of drug-likeness (QED) is 0.695. The minimum atomic E-state index is -0.789. The Morgan fingerprint density at radius 3 is 2.71 bits per heavy atom. The zero-order valence-electron chi connectivity index (χ0n) is 12.7. The molecule has 1 amide bonds. The maximum atomic E-state index is 11.9. The Balaban J connectivity index is 1.60. The van der Waals surface area contributed by atoms with Gasteiger partial charge in [0.05, 0.1) is 6.54 Å². The average molecular weight is 298 g/mol. The van der Waals surface area contributed by atoms with E-state index in [0.717, 1.165) is 45.4 Å². The molecule has 1 aliphatic carbocycles. The number of aliphatic carboxylic acids is 1. The van der Waals surface area contributed by atoms with Crippen molar-refractivity contribution in [2.45, 2.75) is 51.1 Å². The van der Waals surface area contributed by atoms with Crippen molar-refractivity contribution in [1.82, 2.24) is 10.2 Å². The second-order valence-electron chi connectivity index (χ2n) is 6.11. The van der Waals surface area contributed by atoms with E-state index in [1.807, 2.05) is 11.8 Å². The summed E-state index contributed by atoms with van der Waals surface area (Å²) < 4.78 is 5.30. The van der Waals surface area contributed by atoms with Crippen molar-refractivity contribution in [2.24, 2.45) is 5.92 Å². The van der Waals surface area contributed by atoms with Crippen LogP contribution in [0.1, 0.15) is 39.0 Å². The molecule has 2 fully saturated rings.